The average Bonchev–Trinajstić information content (AvgIpc) is 3.32. The summed E-state index contributed by atoms with van der Waals surface area (Å²) in [6.07, 6.45) is 2.02. The zero-order chi connectivity index (χ0) is 33.1. The van der Waals surface area contributed by atoms with Crippen LogP contribution in [-0.2, 0) is 24.1 Å². The minimum Gasteiger partial charge on any atom is -0.393 e. The Balaban J connectivity index is 1.24. The molecular formula is C33H56O11S. The molecule has 3 saturated carbocycles. The van der Waals surface area contributed by atoms with Crippen LogP contribution in [0.25, 0.3) is 0 Å². The molecule has 1 saturated heterocycles. The van der Waals surface area contributed by atoms with Gasteiger partial charge in [0.2, 0.25) is 0 Å². The molecule has 260 valence electrons. The highest BCUT2D eigenvalue weighted by Crippen LogP contribution is 2.66. The number of rotatable bonds is 10. The maximum Gasteiger partial charge on any atom is 0.397 e. The van der Waals surface area contributed by atoms with Crippen LogP contribution in [0.5, 0.6) is 0 Å². The predicted octanol–water partition coefficient (Wildman–Crippen LogP) is 2.98. The van der Waals surface area contributed by atoms with E-state index in [4.69, 9.17) is 14.0 Å². The van der Waals surface area contributed by atoms with Gasteiger partial charge >= 0.3 is 10.4 Å². The monoisotopic (exact) mass is 660 g/mol. The molecule has 12 heteroatoms. The fourth-order valence-electron chi connectivity index (χ4n) is 10.2. The van der Waals surface area contributed by atoms with Gasteiger partial charge in [-0.05, 0) is 104 Å². The number of aliphatic hydroxyl groups is 5. The lowest BCUT2D eigenvalue weighted by Gasteiger charge is -2.58. The van der Waals surface area contributed by atoms with Gasteiger partial charge in [0, 0.05) is 0 Å². The van der Waals surface area contributed by atoms with Gasteiger partial charge in [-0.3, -0.25) is 4.55 Å². The van der Waals surface area contributed by atoms with Crippen molar-refractivity contribution in [2.75, 3.05) is 6.61 Å². The lowest BCUT2D eigenvalue weighted by Crippen LogP contribution is -2.60. The molecule has 0 aromatic heterocycles. The Kier molecular flexibility index (Phi) is 10.6. The van der Waals surface area contributed by atoms with Crippen molar-refractivity contribution in [2.45, 2.75) is 141 Å². The van der Waals surface area contributed by atoms with Gasteiger partial charge < -0.3 is 35.0 Å². The summed E-state index contributed by atoms with van der Waals surface area (Å²) >= 11 is 0. The van der Waals surface area contributed by atoms with Crippen LogP contribution in [0, 0.1) is 46.3 Å². The Hall–Kier alpha value is -0.670. The molecule has 1 aliphatic heterocycles. The van der Waals surface area contributed by atoms with Crippen LogP contribution < -0.4 is 0 Å². The van der Waals surface area contributed by atoms with Crippen molar-refractivity contribution in [2.24, 2.45) is 46.3 Å². The highest BCUT2D eigenvalue weighted by atomic mass is 32.3. The fourth-order valence-corrected chi connectivity index (χ4v) is 10.5. The summed E-state index contributed by atoms with van der Waals surface area (Å²) in [5.41, 5.74) is 1.62. The number of hydrogen-bond acceptors (Lipinski definition) is 10. The molecule has 4 fully saturated rings. The zero-order valence-electron chi connectivity index (χ0n) is 27.4. The molecule has 0 bridgehead atoms. The van der Waals surface area contributed by atoms with E-state index in [0.29, 0.717) is 36.5 Å². The van der Waals surface area contributed by atoms with E-state index in [1.54, 1.807) is 0 Å². The summed E-state index contributed by atoms with van der Waals surface area (Å²) < 4.78 is 47.2. The van der Waals surface area contributed by atoms with Crippen molar-refractivity contribution in [3.05, 3.63) is 11.6 Å². The Morgan fingerprint density at radius 2 is 1.67 bits per heavy atom. The van der Waals surface area contributed by atoms with Gasteiger partial charge in [-0.15, -0.1) is 0 Å². The minimum absolute atomic E-state index is 0.0404. The quantitative estimate of drug-likeness (QED) is 0.150. The molecule has 11 nitrogen and oxygen atoms in total. The second-order valence-electron chi connectivity index (χ2n) is 15.7. The maximum absolute atomic E-state index is 11.3. The van der Waals surface area contributed by atoms with Gasteiger partial charge in [0.15, 0.2) is 6.29 Å². The molecule has 1 heterocycles. The van der Waals surface area contributed by atoms with Gasteiger partial charge in [-0.1, -0.05) is 46.3 Å². The van der Waals surface area contributed by atoms with E-state index in [-0.39, 0.29) is 41.0 Å². The number of allylic oxidation sites excluding steroid dienone is 2. The Labute approximate surface area is 268 Å². The van der Waals surface area contributed by atoms with Gasteiger partial charge in [-0.2, -0.15) is 8.42 Å². The molecule has 45 heavy (non-hydrogen) atoms. The van der Waals surface area contributed by atoms with E-state index in [0.717, 1.165) is 44.9 Å². The summed E-state index contributed by atoms with van der Waals surface area (Å²) in [4.78, 5) is 0. The number of ether oxygens (including phenoxy) is 2. The lowest BCUT2D eigenvalue weighted by molar-refractivity contribution is -0.314. The van der Waals surface area contributed by atoms with Gasteiger partial charge in [0.1, 0.15) is 24.4 Å². The van der Waals surface area contributed by atoms with Crippen molar-refractivity contribution >= 4 is 10.4 Å². The molecule has 0 radical (unpaired) electrons. The zero-order valence-corrected chi connectivity index (χ0v) is 28.2. The molecule has 0 spiro atoms. The molecular weight excluding hydrogens is 604 g/mol. The summed E-state index contributed by atoms with van der Waals surface area (Å²) in [6.45, 7) is 10.3. The number of aliphatic hydroxyl groups excluding tert-OH is 5. The van der Waals surface area contributed by atoms with Gasteiger partial charge in [-0.25, -0.2) is 4.18 Å². The highest BCUT2D eigenvalue weighted by Gasteiger charge is 2.59. The van der Waals surface area contributed by atoms with E-state index in [2.05, 4.69) is 31.0 Å². The van der Waals surface area contributed by atoms with Crippen molar-refractivity contribution in [3.8, 4) is 0 Å². The standard InChI is InChI=1S/C33H56O11S/c1-17(2)26(43-31-30(38)29(37)28(36)27(44-31)16-42-45(39,40)41)9-6-18(3)21-7-8-22-20-15-25(35)24-14-19(34)10-12-33(24,5)23(20)11-13-32(21,22)4/h11,17-22,24-31,34-38H,6-10,12-16H2,1-5H3,(H,39,40,41)/t18-,19-,20+,21-,22+,24-,25+,26+,27-,28-,29+,30-,31-,32-,33-/m1/s1. The number of hydrogen-bond donors (Lipinski definition) is 6. The van der Waals surface area contributed by atoms with Crippen LogP contribution in [0.2, 0.25) is 0 Å². The van der Waals surface area contributed by atoms with E-state index in [1.807, 2.05) is 13.8 Å². The highest BCUT2D eigenvalue weighted by molar-refractivity contribution is 7.80. The molecule has 0 unspecified atom stereocenters. The molecule has 6 N–H and O–H groups in total. The van der Waals surface area contributed by atoms with Crippen LogP contribution in [-0.4, -0.2) is 94.1 Å². The molecule has 5 rings (SSSR count). The van der Waals surface area contributed by atoms with Crippen molar-refractivity contribution < 1.29 is 52.2 Å². The van der Waals surface area contributed by atoms with E-state index in [9.17, 15) is 34.0 Å². The summed E-state index contributed by atoms with van der Waals surface area (Å²) in [5, 5.41) is 53.0. The summed E-state index contributed by atoms with van der Waals surface area (Å²) in [5.74, 6) is 1.95. The third-order valence-corrected chi connectivity index (χ3v) is 13.2. The van der Waals surface area contributed by atoms with Crippen LogP contribution in [0.1, 0.15) is 92.4 Å². The first-order valence-corrected chi connectivity index (χ1v) is 18.4. The molecule has 0 amide bonds. The first-order chi connectivity index (χ1) is 21.0. The first kappa shape index (κ1) is 35.6. The molecule has 0 aromatic carbocycles. The topological polar surface area (TPSA) is 183 Å². The largest absolute Gasteiger partial charge is 0.397 e. The smallest absolute Gasteiger partial charge is 0.393 e. The first-order valence-electron chi connectivity index (χ1n) is 17.0. The van der Waals surface area contributed by atoms with Crippen LogP contribution in [0.3, 0.4) is 0 Å². The van der Waals surface area contributed by atoms with Gasteiger partial charge in [0.05, 0.1) is 24.9 Å². The molecule has 5 aliphatic rings. The Morgan fingerprint density at radius 1 is 0.956 bits per heavy atom. The average molecular weight is 661 g/mol. The molecule has 0 aromatic rings. The minimum atomic E-state index is -4.79. The maximum atomic E-state index is 11.3. The van der Waals surface area contributed by atoms with E-state index >= 15 is 0 Å². The lowest BCUT2D eigenvalue weighted by atomic mass is 9.47. The summed E-state index contributed by atoms with van der Waals surface area (Å²) in [6, 6.07) is 0. The Bertz CT molecular complexity index is 1180. The van der Waals surface area contributed by atoms with Crippen molar-refractivity contribution in [1.82, 2.24) is 0 Å². The third kappa shape index (κ3) is 6.93. The fraction of sp³-hybridized carbons (Fsp3) is 0.939. The van der Waals surface area contributed by atoms with Crippen LogP contribution in [0.4, 0.5) is 0 Å². The van der Waals surface area contributed by atoms with Crippen molar-refractivity contribution in [1.29, 1.82) is 0 Å². The SMILES string of the molecule is CC(C)[C@H](CC[C@@H](C)[C@H]1CC[C@H]2[C@@H]3C[C@H](O)[C@H]4C[C@H](O)CC[C@]4(C)C3=CC[C@]12C)O[C@@H]1O[C@H](COS(=O)(=O)O)[C@@H](O)[C@H](O)[C@H]1O. The Morgan fingerprint density at radius 3 is 2.33 bits per heavy atom. The molecule has 4 aliphatic carbocycles. The second-order valence-corrected chi connectivity index (χ2v) is 16.8. The van der Waals surface area contributed by atoms with E-state index < -0.39 is 47.7 Å². The number of fused-ring (bicyclic) bond motifs is 5. The second kappa shape index (κ2) is 13.3. The molecule has 15 atom stereocenters. The van der Waals surface area contributed by atoms with E-state index in [1.165, 1.54) is 5.57 Å². The third-order valence-electron chi connectivity index (χ3n) is 12.8. The normalized spacial score (nSPS) is 46.6. The summed E-state index contributed by atoms with van der Waals surface area (Å²) in [7, 11) is -4.79. The van der Waals surface area contributed by atoms with Gasteiger partial charge in [0.25, 0.3) is 0 Å². The van der Waals surface area contributed by atoms with Crippen LogP contribution in [0.15, 0.2) is 11.6 Å². The van der Waals surface area contributed by atoms with Crippen LogP contribution >= 0.6 is 0 Å². The van der Waals surface area contributed by atoms with Crippen molar-refractivity contribution in [3.63, 3.8) is 0 Å². The predicted molar refractivity (Wildman–Crippen MR) is 165 cm³/mol.